The van der Waals surface area contributed by atoms with Gasteiger partial charge in [0.25, 0.3) is 0 Å². The van der Waals surface area contributed by atoms with E-state index in [4.69, 9.17) is 0 Å². The van der Waals surface area contributed by atoms with Gasteiger partial charge in [0.1, 0.15) is 5.82 Å². The van der Waals surface area contributed by atoms with Crippen LogP contribution in [0.2, 0.25) is 0 Å². The van der Waals surface area contributed by atoms with Crippen LogP contribution in [0.25, 0.3) is 11.0 Å². The molecule has 0 unspecified atom stereocenters. The summed E-state index contributed by atoms with van der Waals surface area (Å²) >= 11 is 0. The molecule has 17 heavy (non-hydrogen) atoms. The van der Waals surface area contributed by atoms with E-state index in [0.29, 0.717) is 11.1 Å². The van der Waals surface area contributed by atoms with Crippen LogP contribution in [-0.4, -0.2) is 20.6 Å². The van der Waals surface area contributed by atoms with E-state index in [-0.39, 0.29) is 5.54 Å². The van der Waals surface area contributed by atoms with Crippen LogP contribution in [0, 0.1) is 6.92 Å². The standard InChI is InChI=1S/C13H16N2O2/c1-8-14-10-7-5-6-9(12(16)17)11(10)15(8)13(2,3)4/h5-7H,1-4H3,(H,16,17). The first-order valence-electron chi connectivity index (χ1n) is 5.54. The first kappa shape index (κ1) is 11.6. The van der Waals surface area contributed by atoms with E-state index < -0.39 is 5.97 Å². The normalized spacial score (nSPS) is 12.0. The van der Waals surface area contributed by atoms with Crippen LogP contribution in [-0.2, 0) is 5.54 Å². The topological polar surface area (TPSA) is 55.1 Å². The number of hydrogen-bond donors (Lipinski definition) is 1. The van der Waals surface area contributed by atoms with Gasteiger partial charge >= 0.3 is 5.97 Å². The maximum Gasteiger partial charge on any atom is 0.337 e. The Labute approximate surface area is 99.9 Å². The van der Waals surface area contributed by atoms with E-state index in [9.17, 15) is 9.90 Å². The summed E-state index contributed by atoms with van der Waals surface area (Å²) in [5.74, 6) is -0.0813. The second-order valence-corrected chi connectivity index (χ2v) is 5.14. The highest BCUT2D eigenvalue weighted by molar-refractivity contribution is 6.01. The van der Waals surface area contributed by atoms with Crippen LogP contribution in [0.1, 0.15) is 37.0 Å². The Morgan fingerprint density at radius 2 is 2.00 bits per heavy atom. The maximum atomic E-state index is 11.3. The molecule has 2 rings (SSSR count). The lowest BCUT2D eigenvalue weighted by Gasteiger charge is -2.24. The van der Waals surface area contributed by atoms with Gasteiger partial charge in [0.05, 0.1) is 16.6 Å². The summed E-state index contributed by atoms with van der Waals surface area (Å²) in [6.45, 7) is 8.02. The fourth-order valence-electron chi connectivity index (χ4n) is 2.24. The number of rotatable bonds is 1. The lowest BCUT2D eigenvalue weighted by atomic mass is 10.1. The molecule has 1 N–H and O–H groups in total. The minimum Gasteiger partial charge on any atom is -0.478 e. The minimum atomic E-state index is -0.916. The highest BCUT2D eigenvalue weighted by Gasteiger charge is 2.23. The van der Waals surface area contributed by atoms with Crippen molar-refractivity contribution in [3.63, 3.8) is 0 Å². The Bertz CT molecular complexity index is 591. The summed E-state index contributed by atoms with van der Waals surface area (Å²) in [7, 11) is 0. The molecule has 0 saturated heterocycles. The third kappa shape index (κ3) is 1.79. The number of aromatic nitrogens is 2. The molecule has 4 heteroatoms. The van der Waals surface area contributed by atoms with Crippen LogP contribution in [0.15, 0.2) is 18.2 Å². The number of para-hydroxylation sites is 1. The van der Waals surface area contributed by atoms with E-state index in [1.165, 1.54) is 0 Å². The van der Waals surface area contributed by atoms with E-state index in [1.807, 2.05) is 38.3 Å². The third-order valence-electron chi connectivity index (χ3n) is 2.75. The summed E-state index contributed by atoms with van der Waals surface area (Å²) in [6, 6.07) is 5.19. The van der Waals surface area contributed by atoms with Crippen molar-refractivity contribution in [2.75, 3.05) is 0 Å². The number of aromatic carboxylic acids is 1. The molecule has 1 aromatic carbocycles. The van der Waals surface area contributed by atoms with Crippen LogP contribution in [0.3, 0.4) is 0 Å². The highest BCUT2D eigenvalue weighted by atomic mass is 16.4. The van der Waals surface area contributed by atoms with Crippen molar-refractivity contribution >= 4 is 17.0 Å². The molecule has 0 amide bonds. The molecule has 90 valence electrons. The average molecular weight is 232 g/mol. The molecule has 0 bridgehead atoms. The zero-order valence-electron chi connectivity index (χ0n) is 10.5. The van der Waals surface area contributed by atoms with Crippen molar-refractivity contribution in [3.8, 4) is 0 Å². The van der Waals surface area contributed by atoms with E-state index in [2.05, 4.69) is 4.98 Å². The Kier molecular flexibility index (Phi) is 2.45. The van der Waals surface area contributed by atoms with E-state index >= 15 is 0 Å². The van der Waals surface area contributed by atoms with Crippen molar-refractivity contribution in [2.45, 2.75) is 33.2 Å². The summed E-state index contributed by atoms with van der Waals surface area (Å²) in [5.41, 5.74) is 1.55. The first-order chi connectivity index (χ1) is 7.82. The zero-order valence-corrected chi connectivity index (χ0v) is 10.5. The van der Waals surface area contributed by atoms with Crippen molar-refractivity contribution in [1.29, 1.82) is 0 Å². The maximum absolute atomic E-state index is 11.3. The monoisotopic (exact) mass is 232 g/mol. The van der Waals surface area contributed by atoms with E-state index in [0.717, 1.165) is 11.3 Å². The molecular weight excluding hydrogens is 216 g/mol. The Hall–Kier alpha value is -1.84. The molecule has 0 saturated carbocycles. The summed E-state index contributed by atoms with van der Waals surface area (Å²) in [4.78, 5) is 15.7. The Morgan fingerprint density at radius 1 is 1.35 bits per heavy atom. The van der Waals surface area contributed by atoms with Crippen LogP contribution in [0.5, 0.6) is 0 Å². The van der Waals surface area contributed by atoms with Gasteiger partial charge in [-0.25, -0.2) is 9.78 Å². The molecule has 0 radical (unpaired) electrons. The predicted octanol–water partition coefficient (Wildman–Crippen LogP) is 2.80. The molecule has 0 spiro atoms. The quantitative estimate of drug-likeness (QED) is 0.822. The number of nitrogens with zero attached hydrogens (tertiary/aromatic N) is 2. The SMILES string of the molecule is Cc1nc2cccc(C(=O)O)c2n1C(C)(C)C. The predicted molar refractivity (Wildman–Crippen MR) is 66.4 cm³/mol. The van der Waals surface area contributed by atoms with Gasteiger partial charge in [-0.15, -0.1) is 0 Å². The molecule has 0 aliphatic carbocycles. The number of fused-ring (bicyclic) bond motifs is 1. The van der Waals surface area contributed by atoms with E-state index in [1.54, 1.807) is 12.1 Å². The van der Waals surface area contributed by atoms with Crippen LogP contribution in [0.4, 0.5) is 0 Å². The number of hydrogen-bond acceptors (Lipinski definition) is 2. The summed E-state index contributed by atoms with van der Waals surface area (Å²) < 4.78 is 1.98. The highest BCUT2D eigenvalue weighted by Crippen LogP contribution is 2.27. The molecule has 0 aliphatic rings. The average Bonchev–Trinajstić information content (AvgIpc) is 2.51. The molecule has 0 fully saturated rings. The van der Waals surface area contributed by atoms with Gasteiger partial charge < -0.3 is 9.67 Å². The van der Waals surface area contributed by atoms with Gasteiger partial charge in [-0.3, -0.25) is 0 Å². The van der Waals surface area contributed by atoms with Crippen molar-refractivity contribution in [3.05, 3.63) is 29.6 Å². The number of carboxylic acids is 1. The largest absolute Gasteiger partial charge is 0.478 e. The summed E-state index contributed by atoms with van der Waals surface area (Å²) in [6.07, 6.45) is 0. The molecule has 4 nitrogen and oxygen atoms in total. The van der Waals surface area contributed by atoms with Gasteiger partial charge in [-0.05, 0) is 39.8 Å². The van der Waals surface area contributed by atoms with Gasteiger partial charge in [-0.1, -0.05) is 6.07 Å². The zero-order chi connectivity index (χ0) is 12.8. The van der Waals surface area contributed by atoms with Crippen LogP contribution < -0.4 is 0 Å². The second-order valence-electron chi connectivity index (χ2n) is 5.14. The van der Waals surface area contributed by atoms with Crippen molar-refractivity contribution in [2.24, 2.45) is 0 Å². The molecule has 1 aromatic heterocycles. The molecule has 2 aromatic rings. The number of aryl methyl sites for hydroxylation is 1. The number of carboxylic acid groups (broad SMARTS) is 1. The minimum absolute atomic E-state index is 0.190. The molecule has 0 aliphatic heterocycles. The Balaban J connectivity index is 2.92. The number of imidazole rings is 1. The van der Waals surface area contributed by atoms with Gasteiger partial charge in [0, 0.05) is 5.54 Å². The van der Waals surface area contributed by atoms with Crippen molar-refractivity contribution < 1.29 is 9.90 Å². The molecule has 1 heterocycles. The first-order valence-corrected chi connectivity index (χ1v) is 5.54. The molecule has 0 atom stereocenters. The third-order valence-corrected chi connectivity index (χ3v) is 2.75. The fraction of sp³-hybridized carbons (Fsp3) is 0.385. The van der Waals surface area contributed by atoms with Gasteiger partial charge in [0.2, 0.25) is 0 Å². The van der Waals surface area contributed by atoms with Crippen LogP contribution >= 0.6 is 0 Å². The second kappa shape index (κ2) is 3.58. The lowest BCUT2D eigenvalue weighted by molar-refractivity contribution is 0.0698. The summed E-state index contributed by atoms with van der Waals surface area (Å²) in [5, 5.41) is 9.24. The number of carbonyl (C=O) groups is 1. The fourth-order valence-corrected chi connectivity index (χ4v) is 2.24. The number of benzene rings is 1. The van der Waals surface area contributed by atoms with Crippen molar-refractivity contribution in [1.82, 2.24) is 9.55 Å². The Morgan fingerprint density at radius 3 is 2.53 bits per heavy atom. The smallest absolute Gasteiger partial charge is 0.337 e. The van der Waals surface area contributed by atoms with Gasteiger partial charge in [-0.2, -0.15) is 0 Å². The lowest BCUT2D eigenvalue weighted by Crippen LogP contribution is -2.23. The van der Waals surface area contributed by atoms with Gasteiger partial charge in [0.15, 0.2) is 0 Å². The molecular formula is C13H16N2O2.